The largest absolute Gasteiger partial charge is 0.487 e. The summed E-state index contributed by atoms with van der Waals surface area (Å²) in [6, 6.07) is 18.6. The van der Waals surface area contributed by atoms with Crippen LogP contribution in [0.3, 0.4) is 0 Å². The third kappa shape index (κ3) is 6.18. The van der Waals surface area contributed by atoms with Crippen molar-refractivity contribution in [3.05, 3.63) is 72.9 Å². The highest BCUT2D eigenvalue weighted by Gasteiger charge is 2.14. The second-order valence-electron chi connectivity index (χ2n) is 7.42. The molecular formula is C24H23I2N3O3. The third-order valence-corrected chi connectivity index (χ3v) is 6.75. The molecule has 8 heteroatoms. The van der Waals surface area contributed by atoms with Crippen LogP contribution in [0.15, 0.2) is 59.7 Å². The quantitative estimate of drug-likeness (QED) is 0.233. The number of nitrogens with one attached hydrogen (secondary N) is 1. The van der Waals surface area contributed by atoms with E-state index in [1.54, 1.807) is 6.21 Å². The van der Waals surface area contributed by atoms with Crippen LogP contribution in [0.4, 0.5) is 0 Å². The van der Waals surface area contributed by atoms with Gasteiger partial charge in [-0.05, 0) is 79.2 Å². The molecule has 0 bridgehead atoms. The van der Waals surface area contributed by atoms with Crippen LogP contribution in [-0.2, 0) is 16.1 Å². The monoisotopic (exact) mass is 655 g/mol. The fourth-order valence-electron chi connectivity index (χ4n) is 3.54. The van der Waals surface area contributed by atoms with Crippen molar-refractivity contribution < 1.29 is 14.3 Å². The van der Waals surface area contributed by atoms with Crippen molar-refractivity contribution in [2.24, 2.45) is 5.10 Å². The van der Waals surface area contributed by atoms with Crippen LogP contribution in [-0.4, -0.2) is 49.9 Å². The zero-order chi connectivity index (χ0) is 22.3. The first-order valence-electron chi connectivity index (χ1n) is 10.3. The number of morpholine rings is 1. The predicted octanol–water partition coefficient (Wildman–Crippen LogP) is 4.41. The second-order valence-corrected chi connectivity index (χ2v) is 9.75. The van der Waals surface area contributed by atoms with Crippen molar-refractivity contribution in [3.8, 4) is 5.75 Å². The van der Waals surface area contributed by atoms with E-state index in [1.807, 2.05) is 24.3 Å². The molecule has 32 heavy (non-hydrogen) atoms. The lowest BCUT2D eigenvalue weighted by atomic mass is 10.1. The van der Waals surface area contributed by atoms with E-state index in [9.17, 15) is 4.79 Å². The van der Waals surface area contributed by atoms with Gasteiger partial charge in [0.25, 0.3) is 5.91 Å². The molecular weight excluding hydrogens is 632 g/mol. The minimum absolute atomic E-state index is 0.123. The summed E-state index contributed by atoms with van der Waals surface area (Å²) >= 11 is 4.55. The molecule has 0 saturated carbocycles. The molecule has 0 aliphatic carbocycles. The summed E-state index contributed by atoms with van der Waals surface area (Å²) in [5.41, 5.74) is 4.67. The molecule has 0 atom stereocenters. The Bertz CT molecular complexity index is 1100. The van der Waals surface area contributed by atoms with E-state index in [0.29, 0.717) is 26.4 Å². The van der Waals surface area contributed by atoms with Gasteiger partial charge in [-0.2, -0.15) is 5.10 Å². The van der Waals surface area contributed by atoms with Crippen LogP contribution in [0.5, 0.6) is 5.75 Å². The summed E-state index contributed by atoms with van der Waals surface area (Å²) in [7, 11) is 0. The lowest BCUT2D eigenvalue weighted by molar-refractivity contribution is -0.123. The van der Waals surface area contributed by atoms with E-state index in [-0.39, 0.29) is 5.91 Å². The number of hydrogen-bond donors (Lipinski definition) is 1. The van der Waals surface area contributed by atoms with Crippen LogP contribution in [0.25, 0.3) is 10.8 Å². The first-order chi connectivity index (χ1) is 15.6. The van der Waals surface area contributed by atoms with Gasteiger partial charge >= 0.3 is 0 Å². The molecule has 1 fully saturated rings. The van der Waals surface area contributed by atoms with Crippen LogP contribution < -0.4 is 10.2 Å². The number of ether oxygens (including phenoxy) is 2. The zero-order valence-corrected chi connectivity index (χ0v) is 21.7. The SMILES string of the molecule is O=C(CN1CCOCC1)N/N=C/c1cc(I)c(OCc2cccc3ccccc23)c(I)c1. The number of benzene rings is 3. The summed E-state index contributed by atoms with van der Waals surface area (Å²) in [4.78, 5) is 14.1. The fourth-order valence-corrected chi connectivity index (χ4v) is 5.66. The van der Waals surface area contributed by atoms with Gasteiger partial charge in [0.1, 0.15) is 12.4 Å². The Morgan fingerprint density at radius 3 is 2.59 bits per heavy atom. The van der Waals surface area contributed by atoms with E-state index in [2.05, 4.69) is 90.9 Å². The topological polar surface area (TPSA) is 63.2 Å². The molecule has 3 aromatic carbocycles. The maximum absolute atomic E-state index is 12.1. The Labute approximate surface area is 214 Å². The molecule has 1 saturated heterocycles. The van der Waals surface area contributed by atoms with Gasteiger partial charge in [-0.1, -0.05) is 42.5 Å². The number of hydrazone groups is 1. The molecule has 0 radical (unpaired) electrons. The number of amides is 1. The van der Waals surface area contributed by atoms with Crippen LogP contribution >= 0.6 is 45.2 Å². The minimum Gasteiger partial charge on any atom is -0.487 e. The molecule has 1 amide bonds. The van der Waals surface area contributed by atoms with Crippen molar-refractivity contribution in [1.82, 2.24) is 10.3 Å². The Balaban J connectivity index is 1.37. The van der Waals surface area contributed by atoms with Gasteiger partial charge < -0.3 is 9.47 Å². The molecule has 4 rings (SSSR count). The van der Waals surface area contributed by atoms with E-state index in [4.69, 9.17) is 9.47 Å². The normalized spacial score (nSPS) is 14.7. The summed E-state index contributed by atoms with van der Waals surface area (Å²) in [6.07, 6.45) is 1.66. The van der Waals surface area contributed by atoms with Crippen LogP contribution in [0.1, 0.15) is 11.1 Å². The maximum atomic E-state index is 12.1. The molecule has 0 unspecified atom stereocenters. The summed E-state index contributed by atoms with van der Waals surface area (Å²) in [5.74, 6) is 0.732. The van der Waals surface area contributed by atoms with E-state index >= 15 is 0 Å². The average molecular weight is 655 g/mol. The van der Waals surface area contributed by atoms with Crippen molar-refractivity contribution in [1.29, 1.82) is 0 Å². The first kappa shape index (κ1) is 23.4. The van der Waals surface area contributed by atoms with Gasteiger partial charge in [0.05, 0.1) is 33.1 Å². The highest BCUT2D eigenvalue weighted by Crippen LogP contribution is 2.30. The zero-order valence-electron chi connectivity index (χ0n) is 17.4. The molecule has 0 aromatic heterocycles. The number of hydrogen-bond acceptors (Lipinski definition) is 5. The van der Waals surface area contributed by atoms with Crippen LogP contribution in [0.2, 0.25) is 0 Å². The lowest BCUT2D eigenvalue weighted by Gasteiger charge is -2.25. The van der Waals surface area contributed by atoms with Gasteiger partial charge in [0, 0.05) is 13.1 Å². The van der Waals surface area contributed by atoms with E-state index < -0.39 is 0 Å². The van der Waals surface area contributed by atoms with Gasteiger partial charge in [-0.3, -0.25) is 9.69 Å². The van der Waals surface area contributed by atoms with Crippen molar-refractivity contribution in [3.63, 3.8) is 0 Å². The lowest BCUT2D eigenvalue weighted by Crippen LogP contribution is -2.42. The molecule has 1 aliphatic rings. The van der Waals surface area contributed by atoms with Gasteiger partial charge in [-0.15, -0.1) is 0 Å². The summed E-state index contributed by atoms with van der Waals surface area (Å²) in [6.45, 7) is 3.71. The van der Waals surface area contributed by atoms with Crippen LogP contribution in [0, 0.1) is 7.14 Å². The standard InChI is InChI=1S/C24H23I2N3O3/c25-21-12-17(14-27-28-23(30)15-29-8-10-31-11-9-29)13-22(26)24(21)32-16-19-6-3-5-18-4-1-2-7-20(18)19/h1-7,12-14H,8-11,15-16H2,(H,28,30)/b27-14+. The Morgan fingerprint density at radius 1 is 1.09 bits per heavy atom. The Morgan fingerprint density at radius 2 is 1.81 bits per heavy atom. The van der Waals surface area contributed by atoms with Crippen molar-refractivity contribution >= 4 is 68.1 Å². The fraction of sp³-hybridized carbons (Fsp3) is 0.250. The number of carbonyl (C=O) groups is 1. The third-order valence-electron chi connectivity index (χ3n) is 5.15. The molecule has 6 nitrogen and oxygen atoms in total. The predicted molar refractivity (Wildman–Crippen MR) is 143 cm³/mol. The number of carbonyl (C=O) groups excluding carboxylic acids is 1. The molecule has 1 aliphatic heterocycles. The highest BCUT2D eigenvalue weighted by molar-refractivity contribution is 14.1. The number of nitrogens with zero attached hydrogens (tertiary/aromatic N) is 2. The van der Waals surface area contributed by atoms with Gasteiger partial charge in [-0.25, -0.2) is 5.43 Å². The summed E-state index contributed by atoms with van der Waals surface area (Å²) < 4.78 is 13.5. The van der Waals surface area contributed by atoms with Gasteiger partial charge in [0.2, 0.25) is 0 Å². The Hall–Kier alpha value is -1.76. The molecule has 166 valence electrons. The first-order valence-corrected chi connectivity index (χ1v) is 12.5. The summed E-state index contributed by atoms with van der Waals surface area (Å²) in [5, 5.41) is 6.53. The molecule has 3 aromatic rings. The molecule has 0 spiro atoms. The smallest absolute Gasteiger partial charge is 0.254 e. The van der Waals surface area contributed by atoms with Crippen molar-refractivity contribution in [2.45, 2.75) is 6.61 Å². The molecule has 1 N–H and O–H groups in total. The number of fused-ring (bicyclic) bond motifs is 1. The second kappa shape index (κ2) is 11.4. The van der Waals surface area contributed by atoms with Gasteiger partial charge in [0.15, 0.2) is 0 Å². The van der Waals surface area contributed by atoms with Crippen molar-refractivity contribution in [2.75, 3.05) is 32.8 Å². The number of halogens is 2. The number of rotatable bonds is 7. The van der Waals surface area contributed by atoms with E-state index in [0.717, 1.165) is 37.1 Å². The molecule has 1 heterocycles. The highest BCUT2D eigenvalue weighted by atomic mass is 127. The van der Waals surface area contributed by atoms with E-state index in [1.165, 1.54) is 10.8 Å². The Kier molecular flexibility index (Phi) is 8.33. The maximum Gasteiger partial charge on any atom is 0.254 e. The average Bonchev–Trinajstić information content (AvgIpc) is 2.79. The minimum atomic E-state index is -0.123.